The third kappa shape index (κ3) is 6.69. The van der Waals surface area contributed by atoms with E-state index in [0.717, 1.165) is 18.6 Å². The molecule has 0 unspecified atom stereocenters. The maximum atomic E-state index is 11.7. The van der Waals surface area contributed by atoms with Gasteiger partial charge in [0.15, 0.2) is 0 Å². The molecule has 1 aromatic rings. The molecule has 0 radical (unpaired) electrons. The highest BCUT2D eigenvalue weighted by molar-refractivity contribution is 6.30. The first-order valence-electron chi connectivity index (χ1n) is 6.32. The summed E-state index contributed by atoms with van der Waals surface area (Å²) in [7, 11) is 1.78. The first-order chi connectivity index (χ1) is 9.13. The number of nitrogens with zero attached hydrogens (tertiary/aromatic N) is 1. The van der Waals surface area contributed by atoms with Crippen molar-refractivity contribution in [3.8, 4) is 5.75 Å². The number of hydrogen-bond acceptors (Lipinski definition) is 2. The molecule has 5 heteroatoms. The fourth-order valence-electron chi connectivity index (χ4n) is 1.54. The van der Waals surface area contributed by atoms with Gasteiger partial charge in [-0.2, -0.15) is 0 Å². The molecule has 0 N–H and O–H groups in total. The Bertz CT molecular complexity index is 399. The van der Waals surface area contributed by atoms with Crippen LogP contribution in [-0.2, 0) is 4.79 Å². The average Bonchev–Trinajstić information content (AvgIpc) is 2.39. The molecule has 1 amide bonds. The molecule has 0 fully saturated rings. The van der Waals surface area contributed by atoms with Crippen molar-refractivity contribution < 1.29 is 9.53 Å². The Morgan fingerprint density at radius 3 is 2.84 bits per heavy atom. The van der Waals surface area contributed by atoms with Crippen molar-refractivity contribution in [2.24, 2.45) is 0 Å². The van der Waals surface area contributed by atoms with Gasteiger partial charge in [0.05, 0.1) is 6.54 Å². The van der Waals surface area contributed by atoms with Crippen LogP contribution in [0.4, 0.5) is 0 Å². The first-order valence-corrected chi connectivity index (χ1v) is 7.23. The number of likely N-dealkylation sites (N-methyl/N-ethyl adjacent to an activating group) is 1. The van der Waals surface area contributed by atoms with Crippen molar-refractivity contribution >= 4 is 29.1 Å². The van der Waals surface area contributed by atoms with E-state index in [4.69, 9.17) is 27.9 Å². The number of benzene rings is 1. The molecule has 3 nitrogen and oxygen atoms in total. The number of hydrogen-bond donors (Lipinski definition) is 0. The van der Waals surface area contributed by atoms with Crippen LogP contribution in [0.1, 0.15) is 19.3 Å². The Morgan fingerprint density at radius 2 is 2.16 bits per heavy atom. The van der Waals surface area contributed by atoms with Crippen LogP contribution in [0.25, 0.3) is 0 Å². The van der Waals surface area contributed by atoms with Crippen LogP contribution < -0.4 is 4.74 Å². The van der Waals surface area contributed by atoms with E-state index in [9.17, 15) is 4.79 Å². The largest absolute Gasteiger partial charge is 0.492 e. The molecule has 19 heavy (non-hydrogen) atoms. The molecule has 0 aliphatic heterocycles. The van der Waals surface area contributed by atoms with Crippen molar-refractivity contribution in [2.45, 2.75) is 19.3 Å². The number of alkyl halides is 1. The summed E-state index contributed by atoms with van der Waals surface area (Å²) in [5, 5.41) is 0.642. The number of rotatable bonds is 8. The highest BCUT2D eigenvalue weighted by Gasteiger charge is 2.08. The number of carbonyl (C=O) groups excluding carboxylic acids is 1. The Morgan fingerprint density at radius 1 is 1.37 bits per heavy atom. The molecular weight excluding hydrogens is 285 g/mol. The van der Waals surface area contributed by atoms with E-state index < -0.39 is 0 Å². The van der Waals surface area contributed by atoms with Gasteiger partial charge in [-0.3, -0.25) is 4.79 Å². The minimum atomic E-state index is 0.125. The average molecular weight is 304 g/mol. The summed E-state index contributed by atoms with van der Waals surface area (Å²) < 4.78 is 5.53. The Hall–Kier alpha value is -0.930. The lowest BCUT2D eigenvalue weighted by Gasteiger charge is -2.17. The highest BCUT2D eigenvalue weighted by atomic mass is 35.5. The van der Waals surface area contributed by atoms with E-state index in [2.05, 4.69) is 0 Å². The van der Waals surface area contributed by atoms with E-state index >= 15 is 0 Å². The van der Waals surface area contributed by atoms with Crippen molar-refractivity contribution in [2.75, 3.05) is 26.1 Å². The van der Waals surface area contributed by atoms with Gasteiger partial charge in [-0.05, 0) is 31.0 Å². The number of halogens is 2. The molecule has 0 aliphatic carbocycles. The molecule has 0 saturated heterocycles. The summed E-state index contributed by atoms with van der Waals surface area (Å²) in [6.07, 6.45) is 2.25. The van der Waals surface area contributed by atoms with Crippen LogP contribution in [0, 0.1) is 0 Å². The summed E-state index contributed by atoms with van der Waals surface area (Å²) in [5.41, 5.74) is 0. The van der Waals surface area contributed by atoms with Gasteiger partial charge in [-0.25, -0.2) is 0 Å². The normalized spacial score (nSPS) is 10.3. The van der Waals surface area contributed by atoms with Gasteiger partial charge in [0.25, 0.3) is 0 Å². The van der Waals surface area contributed by atoms with E-state index in [-0.39, 0.29) is 5.91 Å². The van der Waals surface area contributed by atoms with Gasteiger partial charge >= 0.3 is 0 Å². The number of unbranched alkanes of at least 4 members (excludes halogenated alkanes) is 1. The maximum absolute atomic E-state index is 11.7. The third-order valence-corrected chi connectivity index (χ3v) is 3.19. The van der Waals surface area contributed by atoms with Gasteiger partial charge in [0, 0.05) is 24.4 Å². The Balaban J connectivity index is 2.23. The van der Waals surface area contributed by atoms with Crippen molar-refractivity contribution in [3.63, 3.8) is 0 Å². The predicted molar refractivity (Wildman–Crippen MR) is 79.2 cm³/mol. The van der Waals surface area contributed by atoms with Crippen molar-refractivity contribution in [1.82, 2.24) is 4.90 Å². The minimum absolute atomic E-state index is 0.125. The molecule has 0 spiro atoms. The SMILES string of the molecule is CN(CCOc1cccc(Cl)c1)C(=O)CCCCCl. The summed E-state index contributed by atoms with van der Waals surface area (Å²) >= 11 is 11.4. The summed E-state index contributed by atoms with van der Waals surface area (Å²) in [6.45, 7) is 1.02. The second kappa shape index (κ2) is 9.05. The molecule has 0 saturated carbocycles. The topological polar surface area (TPSA) is 29.5 Å². The second-order valence-corrected chi connectivity index (χ2v) is 5.08. The molecular formula is C14H19Cl2NO2. The van der Waals surface area contributed by atoms with Crippen molar-refractivity contribution in [3.05, 3.63) is 29.3 Å². The summed E-state index contributed by atoms with van der Waals surface area (Å²) in [4.78, 5) is 13.4. The van der Waals surface area contributed by atoms with E-state index in [1.165, 1.54) is 0 Å². The van der Waals surface area contributed by atoms with Crippen LogP contribution in [-0.4, -0.2) is 36.9 Å². The van der Waals surface area contributed by atoms with Crippen LogP contribution in [0.5, 0.6) is 5.75 Å². The molecule has 0 bridgehead atoms. The Labute approximate surface area is 124 Å². The van der Waals surface area contributed by atoms with Crippen LogP contribution in [0.15, 0.2) is 24.3 Å². The third-order valence-electron chi connectivity index (χ3n) is 2.69. The lowest BCUT2D eigenvalue weighted by molar-refractivity contribution is -0.130. The summed E-state index contributed by atoms with van der Waals surface area (Å²) in [5.74, 6) is 1.45. The predicted octanol–water partition coefficient (Wildman–Crippen LogP) is 3.59. The molecule has 0 aliphatic rings. The standard InChI is InChI=1S/C14H19Cl2NO2/c1-17(14(18)7-2-3-8-15)9-10-19-13-6-4-5-12(16)11-13/h4-6,11H,2-3,7-10H2,1H3. The van der Waals surface area contributed by atoms with Gasteiger partial charge < -0.3 is 9.64 Å². The zero-order valence-electron chi connectivity index (χ0n) is 11.1. The zero-order chi connectivity index (χ0) is 14.1. The van der Waals surface area contributed by atoms with E-state index in [0.29, 0.717) is 30.5 Å². The molecule has 0 atom stereocenters. The van der Waals surface area contributed by atoms with Gasteiger partial charge in [0.2, 0.25) is 5.91 Å². The van der Waals surface area contributed by atoms with Crippen LogP contribution >= 0.6 is 23.2 Å². The molecule has 0 heterocycles. The monoisotopic (exact) mass is 303 g/mol. The smallest absolute Gasteiger partial charge is 0.222 e. The molecule has 106 valence electrons. The van der Waals surface area contributed by atoms with Crippen LogP contribution in [0.3, 0.4) is 0 Å². The molecule has 1 aromatic carbocycles. The zero-order valence-corrected chi connectivity index (χ0v) is 12.6. The number of carbonyl (C=O) groups is 1. The molecule has 0 aromatic heterocycles. The second-order valence-electron chi connectivity index (χ2n) is 4.27. The van der Waals surface area contributed by atoms with Crippen LogP contribution in [0.2, 0.25) is 5.02 Å². The van der Waals surface area contributed by atoms with Gasteiger partial charge in [0.1, 0.15) is 12.4 Å². The lowest BCUT2D eigenvalue weighted by Crippen LogP contribution is -2.30. The fraction of sp³-hybridized carbons (Fsp3) is 0.500. The lowest BCUT2D eigenvalue weighted by atomic mass is 10.2. The number of ether oxygens (including phenoxy) is 1. The maximum Gasteiger partial charge on any atom is 0.222 e. The Kier molecular flexibility index (Phi) is 7.68. The van der Waals surface area contributed by atoms with Gasteiger partial charge in [-0.15, -0.1) is 11.6 Å². The van der Waals surface area contributed by atoms with Crippen molar-refractivity contribution in [1.29, 1.82) is 0 Å². The van der Waals surface area contributed by atoms with E-state index in [1.807, 2.05) is 12.1 Å². The minimum Gasteiger partial charge on any atom is -0.492 e. The number of amides is 1. The fourth-order valence-corrected chi connectivity index (χ4v) is 1.91. The van der Waals surface area contributed by atoms with E-state index in [1.54, 1.807) is 24.1 Å². The first kappa shape index (κ1) is 16.1. The molecule has 1 rings (SSSR count). The summed E-state index contributed by atoms with van der Waals surface area (Å²) in [6, 6.07) is 7.22. The highest BCUT2D eigenvalue weighted by Crippen LogP contribution is 2.16. The quantitative estimate of drug-likeness (QED) is 0.542. The van der Waals surface area contributed by atoms with Gasteiger partial charge in [-0.1, -0.05) is 17.7 Å².